The van der Waals surface area contributed by atoms with Gasteiger partial charge in [0.2, 0.25) is 15.9 Å². The molecule has 1 aromatic carbocycles. The number of sulfonamides is 1. The first-order chi connectivity index (χ1) is 15.4. The third-order valence-electron chi connectivity index (χ3n) is 6.13. The Labute approximate surface area is 187 Å². The highest BCUT2D eigenvalue weighted by Gasteiger charge is 2.28. The van der Waals surface area contributed by atoms with E-state index in [1.165, 1.54) is 21.1 Å². The van der Waals surface area contributed by atoms with Crippen LogP contribution in [0.3, 0.4) is 0 Å². The second-order valence-electron chi connectivity index (χ2n) is 8.23. The molecule has 11 heteroatoms. The lowest BCUT2D eigenvalue weighted by atomic mass is 10.2. The number of hydrogen-bond donors (Lipinski definition) is 1. The van der Waals surface area contributed by atoms with Gasteiger partial charge in [-0.15, -0.1) is 0 Å². The van der Waals surface area contributed by atoms with Crippen LogP contribution in [-0.2, 0) is 34.3 Å². The molecule has 0 atom stereocenters. The zero-order valence-electron chi connectivity index (χ0n) is 18.4. The van der Waals surface area contributed by atoms with Crippen molar-refractivity contribution in [1.82, 2.24) is 23.6 Å². The summed E-state index contributed by atoms with van der Waals surface area (Å²) in [7, 11) is -3.56. The van der Waals surface area contributed by atoms with Gasteiger partial charge in [-0.25, -0.2) is 17.9 Å². The Hall–Kier alpha value is -2.50. The molecule has 0 bridgehead atoms. The van der Waals surface area contributed by atoms with E-state index in [0.29, 0.717) is 25.3 Å². The average molecular weight is 463 g/mol. The molecule has 32 heavy (non-hydrogen) atoms. The standard InChI is InChI=1S/C21H30N6O4S/c1-2-24-12-14-25(15-13-24)32(30,31)18-9-7-17(8-10-18)22-20(28)16-27-21(29)26-11-5-3-4-6-19(26)23-27/h7-10H,2-6,11-16H2,1H3,(H,22,28). The molecule has 2 aliphatic heterocycles. The molecular weight excluding hydrogens is 432 g/mol. The monoisotopic (exact) mass is 462 g/mol. The van der Waals surface area contributed by atoms with Gasteiger partial charge in [0.05, 0.1) is 4.90 Å². The first-order valence-corrected chi connectivity index (χ1v) is 12.6. The van der Waals surface area contributed by atoms with E-state index in [9.17, 15) is 18.0 Å². The summed E-state index contributed by atoms with van der Waals surface area (Å²) in [5.74, 6) is 0.348. The molecule has 4 rings (SSSR count). The molecule has 2 aliphatic rings. The van der Waals surface area contributed by atoms with Crippen molar-refractivity contribution in [3.05, 3.63) is 40.6 Å². The van der Waals surface area contributed by atoms with Gasteiger partial charge >= 0.3 is 5.69 Å². The number of fused-ring (bicyclic) bond motifs is 1. The van der Waals surface area contributed by atoms with Crippen molar-refractivity contribution in [3.63, 3.8) is 0 Å². The molecule has 0 radical (unpaired) electrons. The van der Waals surface area contributed by atoms with Crippen molar-refractivity contribution in [1.29, 1.82) is 0 Å². The van der Waals surface area contributed by atoms with Crippen molar-refractivity contribution in [2.24, 2.45) is 0 Å². The fourth-order valence-electron chi connectivity index (χ4n) is 4.21. The van der Waals surface area contributed by atoms with E-state index in [1.807, 2.05) is 0 Å². The van der Waals surface area contributed by atoms with Crippen LogP contribution < -0.4 is 11.0 Å². The Balaban J connectivity index is 1.39. The zero-order valence-corrected chi connectivity index (χ0v) is 19.2. The molecule has 1 aromatic heterocycles. The lowest BCUT2D eigenvalue weighted by Gasteiger charge is -2.33. The van der Waals surface area contributed by atoms with Gasteiger partial charge in [-0.3, -0.25) is 9.36 Å². The first kappa shape index (κ1) is 22.7. The van der Waals surface area contributed by atoms with Crippen LogP contribution in [0, 0.1) is 0 Å². The number of nitrogens with zero attached hydrogens (tertiary/aromatic N) is 5. The van der Waals surface area contributed by atoms with Crippen molar-refractivity contribution in [2.75, 3.05) is 38.0 Å². The minimum absolute atomic E-state index is 0.180. The van der Waals surface area contributed by atoms with Crippen LogP contribution in [0.4, 0.5) is 5.69 Å². The summed E-state index contributed by atoms with van der Waals surface area (Å²) < 4.78 is 30.1. The van der Waals surface area contributed by atoms with E-state index in [1.54, 1.807) is 16.7 Å². The van der Waals surface area contributed by atoms with Crippen LogP contribution in [0.25, 0.3) is 0 Å². The summed E-state index contributed by atoms with van der Waals surface area (Å²) in [4.78, 5) is 27.4. The molecule has 2 aromatic rings. The van der Waals surface area contributed by atoms with Crippen molar-refractivity contribution >= 4 is 21.6 Å². The van der Waals surface area contributed by atoms with Crippen LogP contribution in [0.5, 0.6) is 0 Å². The molecule has 0 unspecified atom stereocenters. The van der Waals surface area contributed by atoms with Gasteiger partial charge in [0.1, 0.15) is 12.4 Å². The van der Waals surface area contributed by atoms with Crippen LogP contribution in [-0.4, -0.2) is 70.6 Å². The number of aryl methyl sites for hydroxylation is 1. The van der Waals surface area contributed by atoms with Gasteiger partial charge in [-0.2, -0.15) is 9.40 Å². The van der Waals surface area contributed by atoms with Gasteiger partial charge in [-0.05, 0) is 43.7 Å². The maximum Gasteiger partial charge on any atom is 0.346 e. The minimum atomic E-state index is -3.56. The number of amides is 1. The van der Waals surface area contributed by atoms with Crippen molar-refractivity contribution in [3.8, 4) is 0 Å². The summed E-state index contributed by atoms with van der Waals surface area (Å²) in [6.07, 6.45) is 3.75. The van der Waals surface area contributed by atoms with Gasteiger partial charge in [0.25, 0.3) is 0 Å². The number of carbonyl (C=O) groups is 1. The number of rotatable bonds is 6. The predicted octanol–water partition coefficient (Wildman–Crippen LogP) is 0.736. The fourth-order valence-corrected chi connectivity index (χ4v) is 5.63. The largest absolute Gasteiger partial charge is 0.346 e. The minimum Gasteiger partial charge on any atom is -0.324 e. The summed E-state index contributed by atoms with van der Waals surface area (Å²) in [5.41, 5.74) is 0.209. The third-order valence-corrected chi connectivity index (χ3v) is 8.04. The molecule has 0 aliphatic carbocycles. The number of likely N-dealkylation sites (N-methyl/N-ethyl adjacent to an activating group) is 1. The summed E-state index contributed by atoms with van der Waals surface area (Å²) in [5, 5.41) is 7.04. The molecular formula is C21H30N6O4S. The quantitative estimate of drug-likeness (QED) is 0.678. The molecule has 1 saturated heterocycles. The van der Waals surface area contributed by atoms with Gasteiger partial charge < -0.3 is 10.2 Å². The van der Waals surface area contributed by atoms with Crippen LogP contribution in [0.1, 0.15) is 32.0 Å². The zero-order chi connectivity index (χ0) is 22.7. The number of hydrogen-bond acceptors (Lipinski definition) is 6. The Morgan fingerprint density at radius 1 is 1.03 bits per heavy atom. The molecule has 0 saturated carbocycles. The Kier molecular flexibility index (Phi) is 6.77. The van der Waals surface area contributed by atoms with Gasteiger partial charge in [0.15, 0.2) is 0 Å². The van der Waals surface area contributed by atoms with E-state index in [2.05, 4.69) is 22.2 Å². The number of anilines is 1. The van der Waals surface area contributed by atoms with Crippen LogP contribution in [0.2, 0.25) is 0 Å². The maximum absolute atomic E-state index is 12.9. The smallest absolute Gasteiger partial charge is 0.324 e. The molecule has 0 spiro atoms. The van der Waals surface area contributed by atoms with Crippen molar-refractivity contribution in [2.45, 2.75) is 50.6 Å². The lowest BCUT2D eigenvalue weighted by molar-refractivity contribution is -0.117. The highest BCUT2D eigenvalue weighted by atomic mass is 32.2. The van der Waals surface area contributed by atoms with E-state index >= 15 is 0 Å². The number of nitrogens with one attached hydrogen (secondary N) is 1. The van der Waals surface area contributed by atoms with E-state index in [4.69, 9.17) is 0 Å². The maximum atomic E-state index is 12.9. The molecule has 10 nitrogen and oxygen atoms in total. The fraction of sp³-hybridized carbons (Fsp3) is 0.571. The number of piperazine rings is 1. The number of benzene rings is 1. The SMILES string of the molecule is CCN1CCN(S(=O)(=O)c2ccc(NC(=O)Cn3nc4n(c3=O)CCCCC4)cc2)CC1. The Morgan fingerprint density at radius 2 is 1.75 bits per heavy atom. The Morgan fingerprint density at radius 3 is 2.44 bits per heavy atom. The third kappa shape index (κ3) is 4.79. The highest BCUT2D eigenvalue weighted by molar-refractivity contribution is 7.89. The molecule has 1 amide bonds. The second kappa shape index (κ2) is 9.55. The van der Waals surface area contributed by atoms with Crippen LogP contribution in [0.15, 0.2) is 34.0 Å². The predicted molar refractivity (Wildman–Crippen MR) is 120 cm³/mol. The normalized spacial score (nSPS) is 18.2. The second-order valence-corrected chi connectivity index (χ2v) is 10.2. The van der Waals surface area contributed by atoms with Gasteiger partial charge in [0, 0.05) is 44.8 Å². The summed E-state index contributed by atoms with van der Waals surface area (Å²) in [6.45, 7) is 5.82. The van der Waals surface area contributed by atoms with Gasteiger partial charge in [-0.1, -0.05) is 13.3 Å². The first-order valence-electron chi connectivity index (χ1n) is 11.2. The number of carbonyl (C=O) groups excluding carboxylic acids is 1. The lowest BCUT2D eigenvalue weighted by Crippen LogP contribution is -2.48. The molecule has 174 valence electrons. The van der Waals surface area contributed by atoms with E-state index in [0.717, 1.165) is 51.1 Å². The highest BCUT2D eigenvalue weighted by Crippen LogP contribution is 2.20. The molecule has 1 N–H and O–H groups in total. The van der Waals surface area contributed by atoms with Crippen LogP contribution >= 0.6 is 0 Å². The van der Waals surface area contributed by atoms with Crippen molar-refractivity contribution < 1.29 is 13.2 Å². The Bertz CT molecular complexity index is 1110. The number of aromatic nitrogens is 3. The molecule has 1 fully saturated rings. The van der Waals surface area contributed by atoms with E-state index in [-0.39, 0.29) is 23.0 Å². The summed E-state index contributed by atoms with van der Waals surface area (Å²) in [6, 6.07) is 6.14. The topological polar surface area (TPSA) is 110 Å². The van der Waals surface area contributed by atoms with E-state index < -0.39 is 10.0 Å². The average Bonchev–Trinajstić information content (AvgIpc) is 2.94. The molecule has 3 heterocycles. The summed E-state index contributed by atoms with van der Waals surface area (Å²) >= 11 is 0.